The van der Waals surface area contributed by atoms with Crippen LogP contribution in [0.5, 0.6) is 5.88 Å². The van der Waals surface area contributed by atoms with Crippen molar-refractivity contribution in [1.29, 1.82) is 0 Å². The number of benzene rings is 1. The fourth-order valence-corrected chi connectivity index (χ4v) is 5.63. The van der Waals surface area contributed by atoms with E-state index in [1.54, 1.807) is 23.0 Å². The number of hydrogen-bond acceptors (Lipinski definition) is 9. The minimum absolute atomic E-state index is 0.158. The van der Waals surface area contributed by atoms with Gasteiger partial charge in [-0.2, -0.15) is 26.7 Å². The average molecular weight is 613 g/mol. The van der Waals surface area contributed by atoms with E-state index in [1.165, 1.54) is 6.20 Å². The monoisotopic (exact) mass is 612 g/mol. The second kappa shape index (κ2) is 11.1. The van der Waals surface area contributed by atoms with Crippen molar-refractivity contribution in [3.05, 3.63) is 66.6 Å². The molecule has 0 amide bonds. The summed E-state index contributed by atoms with van der Waals surface area (Å²) in [5.41, 5.74) is 1.31. The van der Waals surface area contributed by atoms with E-state index in [9.17, 15) is 35.2 Å². The van der Waals surface area contributed by atoms with Crippen LogP contribution in [0.2, 0.25) is 0 Å². The summed E-state index contributed by atoms with van der Waals surface area (Å²) in [4.78, 5) is 21.0. The number of ether oxygens (including phenoxy) is 1. The predicted molar refractivity (Wildman–Crippen MR) is 138 cm³/mol. The van der Waals surface area contributed by atoms with Crippen molar-refractivity contribution < 1.29 is 44.7 Å². The number of pyridine rings is 1. The van der Waals surface area contributed by atoms with Gasteiger partial charge in [0.25, 0.3) is 10.0 Å². The Labute approximate surface area is 235 Å². The fraction of sp³-hybridized carbons (Fsp3) is 0.240. The van der Waals surface area contributed by atoms with Gasteiger partial charge < -0.3 is 19.8 Å². The van der Waals surface area contributed by atoms with Crippen molar-refractivity contribution >= 4 is 32.9 Å². The van der Waals surface area contributed by atoms with E-state index in [1.807, 2.05) is 6.07 Å². The van der Waals surface area contributed by atoms with E-state index in [-0.39, 0.29) is 11.6 Å². The molecule has 3 aromatic heterocycles. The average Bonchev–Trinajstić information content (AvgIpc) is 3.40. The third-order valence-electron chi connectivity index (χ3n) is 6.29. The topological polar surface area (TPSA) is 118 Å². The minimum atomic E-state index is -5.64. The molecule has 1 N–H and O–H groups in total. The number of carbonyl (C=O) groups is 1. The second-order valence-corrected chi connectivity index (χ2v) is 10.7. The van der Waals surface area contributed by atoms with Crippen molar-refractivity contribution in [2.45, 2.75) is 11.1 Å². The number of nitrogens with one attached hydrogen (secondary N) is 1. The fourth-order valence-electron chi connectivity index (χ4n) is 4.35. The van der Waals surface area contributed by atoms with Crippen LogP contribution in [0.25, 0.3) is 16.6 Å². The zero-order chi connectivity index (χ0) is 30.2. The quantitative estimate of drug-likeness (QED) is 0.248. The van der Waals surface area contributed by atoms with Gasteiger partial charge in [0.2, 0.25) is 5.88 Å². The van der Waals surface area contributed by atoms with Crippen LogP contribution >= 0.6 is 0 Å². The number of rotatable bonds is 7. The number of piperazine rings is 1. The highest BCUT2D eigenvalue weighted by Gasteiger charge is 2.46. The first-order valence-corrected chi connectivity index (χ1v) is 13.6. The summed E-state index contributed by atoms with van der Waals surface area (Å²) >= 11 is 0. The molecule has 1 saturated heterocycles. The predicted octanol–water partition coefficient (Wildman–Crippen LogP) is 3.31. The van der Waals surface area contributed by atoms with Gasteiger partial charge in [0.05, 0.1) is 18.3 Å². The number of anilines is 2. The molecule has 0 saturated carbocycles. The van der Waals surface area contributed by atoms with Gasteiger partial charge in [0.15, 0.2) is 5.69 Å². The molecule has 0 unspecified atom stereocenters. The molecule has 0 aliphatic carbocycles. The van der Waals surface area contributed by atoms with E-state index in [0.29, 0.717) is 23.2 Å². The molecule has 4 aromatic rings. The number of nitrogens with zero attached hydrogens (tertiary/aromatic N) is 5. The molecule has 222 valence electrons. The van der Waals surface area contributed by atoms with Crippen LogP contribution in [0.3, 0.4) is 0 Å². The Balaban J connectivity index is 1.65. The van der Waals surface area contributed by atoms with Crippen molar-refractivity contribution in [3.63, 3.8) is 0 Å². The number of methoxy groups -OCH3 is 1. The van der Waals surface area contributed by atoms with Crippen molar-refractivity contribution in [2.75, 3.05) is 42.7 Å². The highest BCUT2D eigenvalue weighted by Crippen LogP contribution is 2.37. The van der Waals surface area contributed by atoms with E-state index in [4.69, 9.17) is 4.74 Å². The lowest BCUT2D eigenvalue weighted by molar-refractivity contribution is -0.199. The van der Waals surface area contributed by atoms with E-state index < -0.39 is 54.7 Å². The van der Waals surface area contributed by atoms with Gasteiger partial charge >= 0.3 is 12.1 Å². The Bertz CT molecular complexity index is 1760. The molecule has 1 aromatic carbocycles. The molecule has 11 nitrogen and oxygen atoms in total. The Morgan fingerprint density at radius 1 is 1.07 bits per heavy atom. The molecule has 1 aliphatic rings. The number of sulfonamides is 1. The van der Waals surface area contributed by atoms with Gasteiger partial charge in [0, 0.05) is 62.0 Å². The molecular formula is C25H21F5N6O5S. The summed E-state index contributed by atoms with van der Waals surface area (Å²) in [7, 11) is -4.40. The van der Waals surface area contributed by atoms with Crippen LogP contribution in [0.4, 0.5) is 33.3 Å². The maximum Gasteiger partial charge on any atom is 0.493 e. The molecular weight excluding hydrogens is 591 g/mol. The maximum atomic E-state index is 14.6. The molecule has 0 spiro atoms. The molecule has 5 rings (SSSR count). The Morgan fingerprint density at radius 3 is 2.48 bits per heavy atom. The number of halogens is 5. The second-order valence-electron chi connectivity index (χ2n) is 8.95. The summed E-state index contributed by atoms with van der Waals surface area (Å²) in [5, 5.41) is 7.55. The van der Waals surface area contributed by atoms with Crippen LogP contribution in [0.15, 0.2) is 59.9 Å². The van der Waals surface area contributed by atoms with Gasteiger partial charge in [-0.25, -0.2) is 23.1 Å². The molecule has 1 fully saturated rings. The molecule has 17 heteroatoms. The van der Waals surface area contributed by atoms with Gasteiger partial charge in [-0.3, -0.25) is 0 Å². The SMILES string of the molecule is COc1ncc(-c2cc3c(N4CCNCC4)ccnn3c2)cc1N(OC(=O)C(F)(F)F)S(=O)(=O)c1ccc(F)cc1F. The number of carbonyl (C=O) groups excluding carboxylic acids is 1. The van der Waals surface area contributed by atoms with E-state index in [0.717, 1.165) is 45.0 Å². The van der Waals surface area contributed by atoms with Crippen LogP contribution in [-0.2, 0) is 19.7 Å². The first-order valence-electron chi connectivity index (χ1n) is 12.2. The van der Waals surface area contributed by atoms with Gasteiger partial charge in [0.1, 0.15) is 16.5 Å². The lowest BCUT2D eigenvalue weighted by Gasteiger charge is -2.29. The highest BCUT2D eigenvalue weighted by atomic mass is 32.2. The van der Waals surface area contributed by atoms with E-state index >= 15 is 0 Å². The standard InChI is InChI=1S/C25H21F5N6O5S/c1-40-23-21(36(41-24(37)25(28,29)30)42(38,39)22-3-2-17(26)12-18(22)27)10-15(13-32-23)16-11-20-19(4-5-33-35(20)14-16)34-8-6-31-7-9-34/h2-5,10-14,31H,6-9H2,1H3. The minimum Gasteiger partial charge on any atom is -0.479 e. The first kappa shape index (κ1) is 29.0. The molecule has 0 radical (unpaired) electrons. The third-order valence-corrected chi connectivity index (χ3v) is 7.88. The van der Waals surface area contributed by atoms with Crippen LogP contribution in [-0.4, -0.2) is 68.5 Å². The normalized spacial score (nSPS) is 14.2. The van der Waals surface area contributed by atoms with E-state index in [2.05, 4.69) is 25.1 Å². The van der Waals surface area contributed by atoms with Crippen molar-refractivity contribution in [1.82, 2.24) is 19.9 Å². The van der Waals surface area contributed by atoms with Gasteiger partial charge in [-0.1, -0.05) is 4.47 Å². The molecule has 0 bridgehead atoms. The van der Waals surface area contributed by atoms with Gasteiger partial charge in [-0.05, 0) is 30.3 Å². The van der Waals surface area contributed by atoms with Crippen LogP contribution in [0, 0.1) is 11.6 Å². The smallest absolute Gasteiger partial charge is 0.479 e. The summed E-state index contributed by atoms with van der Waals surface area (Å²) in [6.07, 6.45) is -1.22. The zero-order valence-electron chi connectivity index (χ0n) is 21.6. The van der Waals surface area contributed by atoms with Crippen molar-refractivity contribution in [3.8, 4) is 17.0 Å². The maximum absolute atomic E-state index is 14.6. The Morgan fingerprint density at radius 2 is 1.81 bits per heavy atom. The number of alkyl halides is 3. The van der Waals surface area contributed by atoms with Crippen LogP contribution in [0.1, 0.15) is 0 Å². The summed E-state index contributed by atoms with van der Waals surface area (Å²) in [6, 6.07) is 5.82. The number of fused-ring (bicyclic) bond motifs is 1. The van der Waals surface area contributed by atoms with Gasteiger partial charge in [-0.15, -0.1) is 0 Å². The van der Waals surface area contributed by atoms with Crippen molar-refractivity contribution in [2.24, 2.45) is 0 Å². The largest absolute Gasteiger partial charge is 0.493 e. The lowest BCUT2D eigenvalue weighted by atomic mass is 10.1. The third kappa shape index (κ3) is 5.52. The summed E-state index contributed by atoms with van der Waals surface area (Å²) in [6.45, 7) is 2.99. The molecule has 1 aliphatic heterocycles. The Kier molecular flexibility index (Phi) is 7.63. The molecule has 42 heavy (non-hydrogen) atoms. The lowest BCUT2D eigenvalue weighted by Crippen LogP contribution is -2.43. The summed E-state index contributed by atoms with van der Waals surface area (Å²) in [5.74, 6) is -6.30. The highest BCUT2D eigenvalue weighted by molar-refractivity contribution is 7.92. The summed E-state index contributed by atoms with van der Waals surface area (Å²) < 4.78 is 101. The zero-order valence-corrected chi connectivity index (χ0v) is 22.4. The molecule has 0 atom stereocenters. The first-order chi connectivity index (χ1) is 19.9. The number of hydrogen-bond donors (Lipinski definition) is 1. The van der Waals surface area contributed by atoms with Crippen LogP contribution < -0.4 is 19.4 Å². The molecule has 4 heterocycles. The Hall–Kier alpha value is -4.51. The number of aromatic nitrogens is 3.